The van der Waals surface area contributed by atoms with E-state index in [1.807, 2.05) is 29.0 Å². The van der Waals surface area contributed by atoms with Crippen molar-refractivity contribution in [2.45, 2.75) is 38.8 Å². The van der Waals surface area contributed by atoms with E-state index in [1.54, 1.807) is 6.92 Å². The summed E-state index contributed by atoms with van der Waals surface area (Å²) >= 11 is 0. The van der Waals surface area contributed by atoms with E-state index in [9.17, 15) is 9.90 Å². The van der Waals surface area contributed by atoms with Crippen LogP contribution in [0, 0.1) is 5.92 Å². The number of benzene rings is 1. The summed E-state index contributed by atoms with van der Waals surface area (Å²) in [6.45, 7) is 5.16. The zero-order chi connectivity index (χ0) is 24.1. The summed E-state index contributed by atoms with van der Waals surface area (Å²) < 4.78 is 9.66. The number of nitrogens with zero attached hydrogens (tertiary/aromatic N) is 6. The summed E-state index contributed by atoms with van der Waals surface area (Å²) in [6.07, 6.45) is 6.46. The number of aromatic nitrogens is 4. The number of carbonyl (C=O) groups excluding carboxylic acids is 1. The van der Waals surface area contributed by atoms with Crippen molar-refractivity contribution in [1.29, 1.82) is 0 Å². The van der Waals surface area contributed by atoms with Crippen LogP contribution in [0.3, 0.4) is 0 Å². The molecule has 3 aliphatic heterocycles. The van der Waals surface area contributed by atoms with Crippen LogP contribution in [0.25, 0.3) is 11.1 Å². The molecule has 3 aromatic rings. The Morgan fingerprint density at radius 3 is 2.89 bits per heavy atom. The lowest BCUT2D eigenvalue weighted by atomic mass is 9.90. The second kappa shape index (κ2) is 8.80. The van der Waals surface area contributed by atoms with Crippen LogP contribution in [0.5, 0.6) is 0 Å². The normalized spacial score (nSPS) is 21.8. The van der Waals surface area contributed by atoms with Gasteiger partial charge >= 0.3 is 0 Å². The molecule has 9 heteroatoms. The highest BCUT2D eigenvalue weighted by atomic mass is 16.5. The number of rotatable bonds is 4. The Morgan fingerprint density at radius 2 is 2.17 bits per heavy atom. The third kappa shape index (κ3) is 3.92. The van der Waals surface area contributed by atoms with Crippen molar-refractivity contribution in [1.82, 2.24) is 24.5 Å². The fourth-order valence-electron chi connectivity index (χ4n) is 5.75. The molecule has 1 fully saturated rings. The maximum Gasteiger partial charge on any atom is 0.219 e. The number of anilines is 2. The highest BCUT2D eigenvalue weighted by Crippen LogP contribution is 2.41. The number of aliphatic hydroxyl groups excluding tert-OH is 1. The first-order chi connectivity index (χ1) is 17.0. The molecule has 2 aromatic heterocycles. The Balaban J connectivity index is 1.45. The lowest BCUT2D eigenvalue weighted by Gasteiger charge is -2.36. The van der Waals surface area contributed by atoms with E-state index in [0.717, 1.165) is 54.1 Å². The summed E-state index contributed by atoms with van der Waals surface area (Å²) in [6, 6.07) is 6.75. The number of hydrogen-bond donors (Lipinski definition) is 1. The first-order valence-corrected chi connectivity index (χ1v) is 12.5. The van der Waals surface area contributed by atoms with E-state index in [-0.39, 0.29) is 24.5 Å². The van der Waals surface area contributed by atoms with Gasteiger partial charge in [0.25, 0.3) is 0 Å². The number of hydrogen-bond acceptors (Lipinski definition) is 6. The molecular weight excluding hydrogens is 444 g/mol. The van der Waals surface area contributed by atoms with Crippen LogP contribution in [0.2, 0.25) is 0 Å². The second-order valence-electron chi connectivity index (χ2n) is 10.0. The Labute approximate surface area is 204 Å². The summed E-state index contributed by atoms with van der Waals surface area (Å²) in [5.74, 6) is 1.10. The topological polar surface area (TPSA) is 88.7 Å². The number of ether oxygens (including phenoxy) is 1. The molecule has 0 bridgehead atoms. The fraction of sp³-hybridized carbons (Fsp3) is 0.500. The van der Waals surface area contributed by atoms with Gasteiger partial charge in [-0.25, -0.2) is 0 Å². The van der Waals surface area contributed by atoms with Crippen molar-refractivity contribution < 1.29 is 14.6 Å². The minimum Gasteiger partial charge on any atom is -0.396 e. The van der Waals surface area contributed by atoms with Crippen LogP contribution >= 0.6 is 0 Å². The third-order valence-electron chi connectivity index (χ3n) is 7.63. The largest absolute Gasteiger partial charge is 0.396 e. The highest BCUT2D eigenvalue weighted by Gasteiger charge is 2.35. The zero-order valence-electron chi connectivity index (χ0n) is 20.4. The van der Waals surface area contributed by atoms with E-state index in [2.05, 4.69) is 32.9 Å². The molecule has 184 valence electrons. The van der Waals surface area contributed by atoms with Gasteiger partial charge in [-0.2, -0.15) is 10.2 Å². The minimum atomic E-state index is 0.0898. The summed E-state index contributed by atoms with van der Waals surface area (Å²) in [5.41, 5.74) is 6.86. The Bertz CT molecular complexity index is 1260. The second-order valence-corrected chi connectivity index (χ2v) is 10.0. The number of carbonyl (C=O) groups is 1. The van der Waals surface area contributed by atoms with Crippen LogP contribution < -0.4 is 4.90 Å². The average molecular weight is 477 g/mol. The summed E-state index contributed by atoms with van der Waals surface area (Å²) in [7, 11) is 1.92. The molecule has 35 heavy (non-hydrogen) atoms. The molecule has 0 radical (unpaired) electrons. The predicted octanol–water partition coefficient (Wildman–Crippen LogP) is 2.45. The Morgan fingerprint density at radius 1 is 1.29 bits per heavy atom. The van der Waals surface area contributed by atoms with E-state index < -0.39 is 0 Å². The molecule has 1 aromatic carbocycles. The first-order valence-electron chi connectivity index (χ1n) is 12.5. The van der Waals surface area contributed by atoms with Gasteiger partial charge in [-0.1, -0.05) is 6.07 Å². The molecule has 1 N–H and O–H groups in total. The van der Waals surface area contributed by atoms with Crippen molar-refractivity contribution >= 4 is 17.4 Å². The number of aryl methyl sites for hydroxylation is 1. The van der Waals surface area contributed by atoms with Gasteiger partial charge in [0.2, 0.25) is 5.91 Å². The molecule has 1 saturated heterocycles. The smallest absolute Gasteiger partial charge is 0.219 e. The molecule has 1 amide bonds. The van der Waals surface area contributed by atoms with E-state index in [1.165, 1.54) is 11.3 Å². The standard InChI is InChI=1S/C26H32N6O3/c1-17(34)30-7-5-25-23(14-30)26(28-32(25)22-6-8-35-16-22)31-12-18(15-33)9-20-10-19(3-4-24(20)31)21-11-27-29(2)13-21/h3-4,10-11,13,18,22,33H,5-9,12,14-16H2,1-2H3. The fourth-order valence-corrected chi connectivity index (χ4v) is 5.75. The number of aliphatic hydroxyl groups is 1. The molecule has 2 unspecified atom stereocenters. The van der Waals surface area contributed by atoms with Crippen molar-refractivity contribution in [2.75, 3.05) is 37.8 Å². The highest BCUT2D eigenvalue weighted by molar-refractivity contribution is 5.76. The van der Waals surface area contributed by atoms with E-state index in [4.69, 9.17) is 9.84 Å². The monoisotopic (exact) mass is 476 g/mol. The van der Waals surface area contributed by atoms with E-state index in [0.29, 0.717) is 26.2 Å². The van der Waals surface area contributed by atoms with Crippen LogP contribution in [-0.2, 0) is 36.0 Å². The minimum absolute atomic E-state index is 0.0898. The van der Waals surface area contributed by atoms with Gasteiger partial charge in [-0.15, -0.1) is 0 Å². The summed E-state index contributed by atoms with van der Waals surface area (Å²) in [4.78, 5) is 16.4. The van der Waals surface area contributed by atoms with Gasteiger partial charge < -0.3 is 19.6 Å². The van der Waals surface area contributed by atoms with Crippen LogP contribution in [-0.4, -0.2) is 68.4 Å². The zero-order valence-corrected chi connectivity index (χ0v) is 20.4. The summed E-state index contributed by atoms with van der Waals surface area (Å²) in [5, 5.41) is 19.7. The van der Waals surface area contributed by atoms with Gasteiger partial charge in [0.1, 0.15) is 0 Å². The van der Waals surface area contributed by atoms with Gasteiger partial charge in [0, 0.05) is 81.3 Å². The quantitative estimate of drug-likeness (QED) is 0.622. The molecule has 0 aliphatic carbocycles. The first kappa shape index (κ1) is 22.3. The SMILES string of the molecule is CC(=O)N1CCc2c(c(N3CC(CO)Cc4cc(-c5cnn(C)c5)ccc43)nn2C2CCOC2)C1. The van der Waals surface area contributed by atoms with Crippen molar-refractivity contribution in [3.8, 4) is 11.1 Å². The number of fused-ring (bicyclic) bond motifs is 2. The molecular formula is C26H32N6O3. The van der Waals surface area contributed by atoms with Gasteiger partial charge in [-0.05, 0) is 36.1 Å². The molecule has 3 aliphatic rings. The van der Waals surface area contributed by atoms with Crippen LogP contribution in [0.15, 0.2) is 30.6 Å². The Hall–Kier alpha value is -3.17. The lowest BCUT2D eigenvalue weighted by molar-refractivity contribution is -0.129. The van der Waals surface area contributed by atoms with Crippen molar-refractivity contribution in [3.63, 3.8) is 0 Å². The molecule has 6 rings (SSSR count). The maximum atomic E-state index is 12.3. The molecule has 0 spiro atoms. The van der Waals surface area contributed by atoms with Gasteiger partial charge in [-0.3, -0.25) is 14.2 Å². The average Bonchev–Trinajstić information content (AvgIpc) is 3.62. The van der Waals surface area contributed by atoms with Crippen LogP contribution in [0.4, 0.5) is 11.5 Å². The maximum absolute atomic E-state index is 12.3. The molecule has 5 heterocycles. The van der Waals surface area contributed by atoms with Crippen molar-refractivity contribution in [3.05, 3.63) is 47.4 Å². The van der Waals surface area contributed by atoms with Gasteiger partial charge in [0.15, 0.2) is 5.82 Å². The lowest BCUT2D eigenvalue weighted by Crippen LogP contribution is -2.37. The van der Waals surface area contributed by atoms with Crippen molar-refractivity contribution in [2.24, 2.45) is 13.0 Å². The van der Waals surface area contributed by atoms with Gasteiger partial charge in [0.05, 0.1) is 25.4 Å². The predicted molar refractivity (Wildman–Crippen MR) is 131 cm³/mol. The molecule has 9 nitrogen and oxygen atoms in total. The van der Waals surface area contributed by atoms with E-state index >= 15 is 0 Å². The number of amides is 1. The van der Waals surface area contributed by atoms with Crippen LogP contribution in [0.1, 0.15) is 36.2 Å². The molecule has 0 saturated carbocycles. The molecule has 2 atom stereocenters. The third-order valence-corrected chi connectivity index (χ3v) is 7.63. The Kier molecular flexibility index (Phi) is 5.61.